The Morgan fingerprint density at radius 3 is 2.67 bits per heavy atom. The first-order valence-electron chi connectivity index (χ1n) is 12.0. The van der Waals surface area contributed by atoms with E-state index in [-0.39, 0.29) is 12.5 Å². The molecule has 1 fully saturated rings. The number of allylic oxidation sites excluding steroid dienone is 5. The van der Waals surface area contributed by atoms with Crippen molar-refractivity contribution >= 4 is 11.5 Å². The number of hydrogen-bond donors (Lipinski definition) is 2. The van der Waals surface area contributed by atoms with Crippen molar-refractivity contribution in [3.63, 3.8) is 0 Å². The summed E-state index contributed by atoms with van der Waals surface area (Å²) in [4.78, 5) is 19.3. The van der Waals surface area contributed by atoms with Crippen molar-refractivity contribution in [2.75, 3.05) is 52.9 Å². The van der Waals surface area contributed by atoms with Crippen molar-refractivity contribution in [2.24, 2.45) is 0 Å². The summed E-state index contributed by atoms with van der Waals surface area (Å²) in [6.45, 7) is 8.91. The Morgan fingerprint density at radius 2 is 1.97 bits per heavy atom. The molecule has 0 aliphatic carbocycles. The normalized spacial score (nSPS) is 17.9. The molecule has 2 aliphatic rings. The van der Waals surface area contributed by atoms with Crippen LogP contribution in [0.15, 0.2) is 66.2 Å². The van der Waals surface area contributed by atoms with Crippen LogP contribution in [0.2, 0.25) is 0 Å². The predicted octanol–water partition coefficient (Wildman–Crippen LogP) is 3.46. The fraction of sp³-hybridized carbons (Fsp3) is 0.444. The minimum absolute atomic E-state index is 0.0832. The Labute approximate surface area is 198 Å². The van der Waals surface area contributed by atoms with Gasteiger partial charge in [0.1, 0.15) is 5.82 Å². The third-order valence-electron chi connectivity index (χ3n) is 6.10. The monoisotopic (exact) mass is 450 g/mol. The van der Waals surface area contributed by atoms with Gasteiger partial charge in [0.25, 0.3) is 5.91 Å². The van der Waals surface area contributed by atoms with E-state index in [2.05, 4.69) is 66.4 Å². The molecule has 1 aromatic carbocycles. The lowest BCUT2D eigenvalue weighted by Crippen LogP contribution is -2.49. The number of unbranched alkanes of at least 4 members (excludes halogenated alkanes) is 1. The number of hydrogen-bond acceptors (Lipinski definition) is 5. The first-order chi connectivity index (χ1) is 16.0. The van der Waals surface area contributed by atoms with Gasteiger partial charge < -0.3 is 20.2 Å². The summed E-state index contributed by atoms with van der Waals surface area (Å²) in [5.41, 5.74) is 4.19. The van der Waals surface area contributed by atoms with E-state index in [1.165, 1.54) is 11.1 Å². The lowest BCUT2D eigenvalue weighted by Gasteiger charge is -2.34. The number of benzene rings is 1. The molecule has 0 spiro atoms. The fourth-order valence-electron chi connectivity index (χ4n) is 4.07. The van der Waals surface area contributed by atoms with E-state index >= 15 is 0 Å². The number of β-amino-alcohol motifs (C(OH)–C–C–N with tert-alkyl or cyclic N) is 1. The smallest absolute Gasteiger partial charge is 0.253 e. The molecule has 0 radical (unpaired) electrons. The van der Waals surface area contributed by atoms with Crippen LogP contribution in [-0.4, -0.2) is 78.6 Å². The average molecular weight is 451 g/mol. The minimum Gasteiger partial charge on any atom is -0.395 e. The molecule has 0 unspecified atom stereocenters. The van der Waals surface area contributed by atoms with Crippen LogP contribution in [0.4, 0.5) is 0 Å². The molecule has 0 saturated carbocycles. The van der Waals surface area contributed by atoms with E-state index in [1.54, 1.807) is 0 Å². The summed E-state index contributed by atoms with van der Waals surface area (Å²) in [5.74, 6) is 1.13. The Hall–Kier alpha value is -2.83. The number of likely N-dealkylation sites (N-methyl/N-ethyl adjacent to an activating group) is 1. The molecule has 2 N–H and O–H groups in total. The summed E-state index contributed by atoms with van der Waals surface area (Å²) in [6.07, 6.45) is 12.9. The van der Waals surface area contributed by atoms with E-state index in [4.69, 9.17) is 5.11 Å². The molecule has 178 valence electrons. The number of nitrogens with one attached hydrogen (secondary N) is 1. The molecule has 6 nitrogen and oxygen atoms in total. The lowest BCUT2D eigenvalue weighted by atomic mass is 10.00. The molecule has 3 rings (SSSR count). The summed E-state index contributed by atoms with van der Waals surface area (Å²) in [7, 11) is 2.07. The number of carbonyl (C=O) groups is 1. The van der Waals surface area contributed by atoms with Crippen LogP contribution in [0.25, 0.3) is 5.57 Å². The maximum Gasteiger partial charge on any atom is 0.253 e. The Bertz CT molecular complexity index is 924. The van der Waals surface area contributed by atoms with Crippen LogP contribution in [0.1, 0.15) is 42.6 Å². The van der Waals surface area contributed by atoms with Crippen molar-refractivity contribution in [1.82, 2.24) is 20.0 Å². The second-order valence-corrected chi connectivity index (χ2v) is 8.76. The number of carbonyl (C=O) groups excluding carboxylic acids is 1. The van der Waals surface area contributed by atoms with Gasteiger partial charge in [0.15, 0.2) is 0 Å². The number of aliphatic hydroxyl groups excluding tert-OH is 1. The van der Waals surface area contributed by atoms with Gasteiger partial charge in [0.05, 0.1) is 6.61 Å². The van der Waals surface area contributed by atoms with Crippen LogP contribution in [0.5, 0.6) is 0 Å². The largest absolute Gasteiger partial charge is 0.395 e. The summed E-state index contributed by atoms with van der Waals surface area (Å²) < 4.78 is 0. The van der Waals surface area contributed by atoms with Gasteiger partial charge in [-0.1, -0.05) is 43.7 Å². The molecule has 1 aromatic rings. The molecule has 0 atom stereocenters. The van der Waals surface area contributed by atoms with Gasteiger partial charge in [-0.05, 0) is 48.3 Å². The third-order valence-corrected chi connectivity index (χ3v) is 6.10. The quantitative estimate of drug-likeness (QED) is 0.565. The highest BCUT2D eigenvalue weighted by Gasteiger charge is 2.22. The van der Waals surface area contributed by atoms with Gasteiger partial charge in [-0.3, -0.25) is 9.69 Å². The zero-order valence-corrected chi connectivity index (χ0v) is 20.3. The molecule has 1 saturated heterocycles. The van der Waals surface area contributed by atoms with Crippen molar-refractivity contribution < 1.29 is 9.90 Å². The minimum atomic E-state index is 0.0832. The Balaban J connectivity index is 1.65. The van der Waals surface area contributed by atoms with Crippen molar-refractivity contribution in [2.45, 2.75) is 26.7 Å². The molecular formula is C27H38N4O2. The summed E-state index contributed by atoms with van der Waals surface area (Å²) >= 11 is 0. The van der Waals surface area contributed by atoms with E-state index in [0.717, 1.165) is 49.4 Å². The zero-order chi connectivity index (χ0) is 23.6. The highest BCUT2D eigenvalue weighted by atomic mass is 16.3. The van der Waals surface area contributed by atoms with Crippen LogP contribution in [0, 0.1) is 0 Å². The molecule has 33 heavy (non-hydrogen) atoms. The van der Waals surface area contributed by atoms with Crippen LogP contribution >= 0.6 is 0 Å². The molecular weight excluding hydrogens is 412 g/mol. The predicted molar refractivity (Wildman–Crippen MR) is 136 cm³/mol. The molecule has 2 heterocycles. The van der Waals surface area contributed by atoms with E-state index in [1.807, 2.05) is 29.3 Å². The van der Waals surface area contributed by atoms with E-state index < -0.39 is 0 Å². The zero-order valence-electron chi connectivity index (χ0n) is 20.3. The molecule has 6 heteroatoms. The average Bonchev–Trinajstić information content (AvgIpc) is 2.84. The SMILES string of the molecule is CCC/C=C/C(C)=C/NC1=CC=C(c2cccc(C(=O)N3CCN(CCO)CC3)c2)CN1C. The maximum absolute atomic E-state index is 13.1. The lowest BCUT2D eigenvalue weighted by molar-refractivity contribution is 0.0615. The van der Waals surface area contributed by atoms with Crippen LogP contribution in [0.3, 0.4) is 0 Å². The highest BCUT2D eigenvalue weighted by Crippen LogP contribution is 2.23. The van der Waals surface area contributed by atoms with Crippen molar-refractivity contribution in [3.05, 3.63) is 77.3 Å². The van der Waals surface area contributed by atoms with Crippen LogP contribution < -0.4 is 5.32 Å². The molecule has 1 amide bonds. The van der Waals surface area contributed by atoms with Gasteiger partial charge in [-0.25, -0.2) is 0 Å². The van der Waals surface area contributed by atoms with Gasteiger partial charge >= 0.3 is 0 Å². The number of piperazine rings is 1. The van der Waals surface area contributed by atoms with E-state index in [0.29, 0.717) is 19.6 Å². The van der Waals surface area contributed by atoms with Crippen molar-refractivity contribution in [3.8, 4) is 0 Å². The summed E-state index contributed by atoms with van der Waals surface area (Å²) in [6, 6.07) is 7.96. The second-order valence-electron chi connectivity index (χ2n) is 8.76. The summed E-state index contributed by atoms with van der Waals surface area (Å²) in [5, 5.41) is 12.5. The number of aliphatic hydroxyl groups is 1. The van der Waals surface area contributed by atoms with Gasteiger partial charge in [0.2, 0.25) is 0 Å². The highest BCUT2D eigenvalue weighted by molar-refractivity contribution is 5.95. The molecule has 0 bridgehead atoms. The van der Waals surface area contributed by atoms with Gasteiger partial charge in [-0.15, -0.1) is 0 Å². The third kappa shape index (κ3) is 7.07. The molecule has 2 aliphatic heterocycles. The Morgan fingerprint density at radius 1 is 1.18 bits per heavy atom. The first-order valence-corrected chi connectivity index (χ1v) is 12.0. The standard InChI is InChI=1S/C27H38N4O2/c1-4-5-6-8-22(2)20-28-26-12-11-25(21-29(26)3)23-9-7-10-24(19-23)27(33)31-15-13-30(14-16-31)17-18-32/h6-12,19-20,28,32H,4-5,13-18,21H2,1-3H3/b8-6+,22-20+. The van der Waals surface area contributed by atoms with Crippen molar-refractivity contribution in [1.29, 1.82) is 0 Å². The topological polar surface area (TPSA) is 59.1 Å². The Kier molecular flexibility index (Phi) is 9.34. The number of rotatable bonds is 9. The maximum atomic E-state index is 13.1. The second kappa shape index (κ2) is 12.4. The molecule has 0 aromatic heterocycles. The van der Waals surface area contributed by atoms with E-state index in [9.17, 15) is 4.79 Å². The van der Waals surface area contributed by atoms with Gasteiger partial charge in [0, 0.05) is 58.1 Å². The fourth-order valence-corrected chi connectivity index (χ4v) is 4.07. The van der Waals surface area contributed by atoms with Crippen LogP contribution in [-0.2, 0) is 0 Å². The van der Waals surface area contributed by atoms with Gasteiger partial charge in [-0.2, -0.15) is 0 Å². The number of nitrogens with zero attached hydrogens (tertiary/aromatic N) is 3. The first kappa shape index (κ1) is 24.8. The number of amides is 1.